The van der Waals surface area contributed by atoms with Crippen molar-refractivity contribution >= 4 is 0 Å². The lowest BCUT2D eigenvalue weighted by Gasteiger charge is -2.12. The van der Waals surface area contributed by atoms with Gasteiger partial charge in [-0.25, -0.2) is 9.97 Å². The number of aromatic nitrogens is 2. The molecule has 1 aromatic rings. The molecule has 0 aliphatic heterocycles. The van der Waals surface area contributed by atoms with Crippen molar-refractivity contribution in [1.82, 2.24) is 9.97 Å². The van der Waals surface area contributed by atoms with Crippen molar-refractivity contribution in [1.29, 1.82) is 5.26 Å². The van der Waals surface area contributed by atoms with Gasteiger partial charge in [0.15, 0.2) is 5.69 Å². The zero-order valence-electron chi connectivity index (χ0n) is 8.80. The van der Waals surface area contributed by atoms with Gasteiger partial charge in [-0.3, -0.25) is 0 Å². The van der Waals surface area contributed by atoms with Crippen LogP contribution in [0.1, 0.15) is 19.5 Å². The number of nitrogens with zero attached hydrogens (tertiary/aromatic N) is 3. The molecule has 0 amide bonds. The summed E-state index contributed by atoms with van der Waals surface area (Å²) in [5, 5.41) is 8.51. The minimum Gasteiger partial charge on any atom is -0.471 e. The van der Waals surface area contributed by atoms with Crippen LogP contribution in [0.3, 0.4) is 0 Å². The van der Waals surface area contributed by atoms with Gasteiger partial charge in [0.05, 0.1) is 19.0 Å². The standard InChI is InChI=1S/C10H13N3O2/c1-3-14-7-8(2)15-10-6-12-9(4-11)5-13-10/h5-6,8H,3,7H2,1-2H3. The summed E-state index contributed by atoms with van der Waals surface area (Å²) in [5.74, 6) is 0.404. The summed E-state index contributed by atoms with van der Waals surface area (Å²) < 4.78 is 10.6. The summed E-state index contributed by atoms with van der Waals surface area (Å²) in [6.45, 7) is 4.98. The third kappa shape index (κ3) is 3.92. The van der Waals surface area contributed by atoms with Gasteiger partial charge in [-0.2, -0.15) is 5.26 Å². The van der Waals surface area contributed by atoms with E-state index in [9.17, 15) is 0 Å². The van der Waals surface area contributed by atoms with Gasteiger partial charge in [0, 0.05) is 6.61 Å². The maximum absolute atomic E-state index is 8.51. The lowest BCUT2D eigenvalue weighted by molar-refractivity contribution is 0.0631. The fourth-order valence-corrected chi connectivity index (χ4v) is 0.959. The summed E-state index contributed by atoms with van der Waals surface area (Å²) in [5.41, 5.74) is 0.278. The molecule has 1 rings (SSSR count). The number of hydrogen-bond acceptors (Lipinski definition) is 5. The van der Waals surface area contributed by atoms with E-state index < -0.39 is 0 Å². The van der Waals surface area contributed by atoms with Gasteiger partial charge in [-0.05, 0) is 13.8 Å². The molecule has 1 aromatic heterocycles. The van der Waals surface area contributed by atoms with Crippen LogP contribution in [0.2, 0.25) is 0 Å². The molecule has 1 heterocycles. The highest BCUT2D eigenvalue weighted by molar-refractivity contribution is 5.18. The lowest BCUT2D eigenvalue weighted by atomic mass is 10.4. The topological polar surface area (TPSA) is 68.0 Å². The second kappa shape index (κ2) is 5.94. The van der Waals surface area contributed by atoms with E-state index in [1.807, 2.05) is 19.9 Å². The summed E-state index contributed by atoms with van der Waals surface area (Å²) in [6, 6.07) is 1.89. The Balaban J connectivity index is 2.47. The van der Waals surface area contributed by atoms with Crippen LogP contribution in [0.25, 0.3) is 0 Å². The van der Waals surface area contributed by atoms with Gasteiger partial charge in [0.25, 0.3) is 0 Å². The van der Waals surface area contributed by atoms with Crippen molar-refractivity contribution in [3.63, 3.8) is 0 Å². The van der Waals surface area contributed by atoms with Gasteiger partial charge >= 0.3 is 0 Å². The highest BCUT2D eigenvalue weighted by Gasteiger charge is 2.05. The third-order valence-corrected chi connectivity index (χ3v) is 1.62. The molecule has 0 bridgehead atoms. The van der Waals surface area contributed by atoms with Gasteiger partial charge in [0.1, 0.15) is 12.2 Å². The van der Waals surface area contributed by atoms with Crippen LogP contribution in [-0.2, 0) is 4.74 Å². The molecule has 5 nitrogen and oxygen atoms in total. The Kier molecular flexibility index (Phi) is 4.51. The third-order valence-electron chi connectivity index (χ3n) is 1.62. The molecule has 0 spiro atoms. The first-order valence-electron chi connectivity index (χ1n) is 4.72. The summed E-state index contributed by atoms with van der Waals surface area (Å²) in [7, 11) is 0. The highest BCUT2D eigenvalue weighted by atomic mass is 16.5. The van der Waals surface area contributed by atoms with E-state index in [2.05, 4.69) is 9.97 Å². The minimum absolute atomic E-state index is 0.0767. The van der Waals surface area contributed by atoms with E-state index in [4.69, 9.17) is 14.7 Å². The van der Waals surface area contributed by atoms with Crippen LogP contribution in [0.4, 0.5) is 0 Å². The molecule has 1 atom stereocenters. The Morgan fingerprint density at radius 1 is 1.47 bits per heavy atom. The van der Waals surface area contributed by atoms with Gasteiger partial charge in [-0.1, -0.05) is 0 Å². The second-order valence-corrected chi connectivity index (χ2v) is 2.94. The van der Waals surface area contributed by atoms with Gasteiger partial charge < -0.3 is 9.47 Å². The Bertz CT molecular complexity index is 332. The Morgan fingerprint density at radius 3 is 2.80 bits per heavy atom. The van der Waals surface area contributed by atoms with Crippen molar-refractivity contribution in [3.8, 4) is 11.9 Å². The number of rotatable bonds is 5. The van der Waals surface area contributed by atoms with E-state index in [1.165, 1.54) is 12.4 Å². The van der Waals surface area contributed by atoms with E-state index in [0.29, 0.717) is 19.1 Å². The summed E-state index contributed by atoms with van der Waals surface area (Å²) in [6.07, 6.45) is 2.73. The smallest absolute Gasteiger partial charge is 0.232 e. The largest absolute Gasteiger partial charge is 0.471 e. The van der Waals surface area contributed by atoms with Crippen molar-refractivity contribution in [2.45, 2.75) is 20.0 Å². The molecule has 0 saturated carbocycles. The predicted octanol–water partition coefficient (Wildman–Crippen LogP) is 1.15. The SMILES string of the molecule is CCOCC(C)Oc1cnc(C#N)cn1. The van der Waals surface area contributed by atoms with Crippen LogP contribution in [0.15, 0.2) is 12.4 Å². The van der Waals surface area contributed by atoms with Crippen molar-refractivity contribution in [2.75, 3.05) is 13.2 Å². The van der Waals surface area contributed by atoms with Crippen LogP contribution >= 0.6 is 0 Å². The minimum atomic E-state index is -0.0767. The average Bonchev–Trinajstić information content (AvgIpc) is 2.27. The Labute approximate surface area is 88.7 Å². The summed E-state index contributed by atoms with van der Waals surface area (Å²) >= 11 is 0. The van der Waals surface area contributed by atoms with Crippen LogP contribution < -0.4 is 4.74 Å². The second-order valence-electron chi connectivity index (χ2n) is 2.94. The van der Waals surface area contributed by atoms with Gasteiger partial charge in [0.2, 0.25) is 5.88 Å². The van der Waals surface area contributed by atoms with Crippen molar-refractivity contribution < 1.29 is 9.47 Å². The number of hydrogen-bond donors (Lipinski definition) is 0. The molecular weight excluding hydrogens is 194 g/mol. The maximum atomic E-state index is 8.51. The fraction of sp³-hybridized carbons (Fsp3) is 0.500. The molecular formula is C10H13N3O2. The van der Waals surface area contributed by atoms with Crippen LogP contribution in [-0.4, -0.2) is 29.3 Å². The lowest BCUT2D eigenvalue weighted by Crippen LogP contribution is -2.19. The molecule has 0 aliphatic carbocycles. The normalized spacial score (nSPS) is 11.8. The quantitative estimate of drug-likeness (QED) is 0.724. The molecule has 0 fully saturated rings. The zero-order valence-corrected chi connectivity index (χ0v) is 8.80. The van der Waals surface area contributed by atoms with Gasteiger partial charge in [-0.15, -0.1) is 0 Å². The molecule has 5 heteroatoms. The van der Waals surface area contributed by atoms with Crippen LogP contribution in [0.5, 0.6) is 5.88 Å². The molecule has 0 radical (unpaired) electrons. The first-order chi connectivity index (χ1) is 7.26. The zero-order chi connectivity index (χ0) is 11.1. The number of nitriles is 1. The number of ether oxygens (including phenoxy) is 2. The highest BCUT2D eigenvalue weighted by Crippen LogP contribution is 2.06. The molecule has 0 saturated heterocycles. The fourth-order valence-electron chi connectivity index (χ4n) is 0.959. The maximum Gasteiger partial charge on any atom is 0.232 e. The first kappa shape index (κ1) is 11.4. The molecule has 0 N–H and O–H groups in total. The van der Waals surface area contributed by atoms with Crippen LogP contribution in [0, 0.1) is 11.3 Å². The summed E-state index contributed by atoms with van der Waals surface area (Å²) in [4.78, 5) is 7.78. The van der Waals surface area contributed by atoms with E-state index in [-0.39, 0.29) is 11.8 Å². The van der Waals surface area contributed by atoms with Crippen molar-refractivity contribution in [2.24, 2.45) is 0 Å². The molecule has 1 unspecified atom stereocenters. The first-order valence-corrected chi connectivity index (χ1v) is 4.72. The van der Waals surface area contributed by atoms with E-state index >= 15 is 0 Å². The molecule has 80 valence electrons. The molecule has 0 aromatic carbocycles. The van der Waals surface area contributed by atoms with Crippen molar-refractivity contribution in [3.05, 3.63) is 18.1 Å². The Morgan fingerprint density at radius 2 is 2.27 bits per heavy atom. The molecule has 0 aliphatic rings. The predicted molar refractivity (Wildman–Crippen MR) is 53.3 cm³/mol. The van der Waals surface area contributed by atoms with E-state index in [0.717, 1.165) is 0 Å². The molecule has 15 heavy (non-hydrogen) atoms. The van der Waals surface area contributed by atoms with E-state index in [1.54, 1.807) is 0 Å². The average molecular weight is 207 g/mol. The Hall–Kier alpha value is -1.67. The monoisotopic (exact) mass is 207 g/mol.